The van der Waals surface area contributed by atoms with Gasteiger partial charge in [0.15, 0.2) is 18.1 Å². The van der Waals surface area contributed by atoms with Crippen LogP contribution in [0.5, 0.6) is 11.5 Å². The number of fused-ring (bicyclic) bond motifs is 1. The predicted molar refractivity (Wildman–Crippen MR) is 114 cm³/mol. The SMILES string of the molecule is Cc1ccc(-n2nc(C)c(NC(=O)COC(=O)c3cc(Cl)c4c(c3)OCO4)c2C)cc1. The van der Waals surface area contributed by atoms with E-state index in [2.05, 4.69) is 10.4 Å². The van der Waals surface area contributed by atoms with Crippen LogP contribution in [0, 0.1) is 20.8 Å². The number of hydrogen-bond donors (Lipinski definition) is 1. The van der Waals surface area contributed by atoms with Crippen molar-refractivity contribution in [3.63, 3.8) is 0 Å². The van der Waals surface area contributed by atoms with Crippen LogP contribution in [0.2, 0.25) is 5.02 Å². The molecule has 1 aliphatic rings. The number of carbonyl (C=O) groups excluding carboxylic acids is 2. The van der Waals surface area contributed by atoms with E-state index < -0.39 is 18.5 Å². The fourth-order valence-electron chi connectivity index (χ4n) is 3.24. The smallest absolute Gasteiger partial charge is 0.338 e. The molecule has 2 heterocycles. The van der Waals surface area contributed by atoms with Crippen molar-refractivity contribution in [3.8, 4) is 17.2 Å². The summed E-state index contributed by atoms with van der Waals surface area (Å²) in [6, 6.07) is 10.8. The Morgan fingerprint density at radius 1 is 1.16 bits per heavy atom. The number of aryl methyl sites for hydroxylation is 2. The number of hydrogen-bond acceptors (Lipinski definition) is 6. The average Bonchev–Trinajstić information content (AvgIpc) is 3.33. The van der Waals surface area contributed by atoms with Gasteiger partial charge in [-0.2, -0.15) is 5.10 Å². The van der Waals surface area contributed by atoms with Gasteiger partial charge < -0.3 is 19.5 Å². The number of carbonyl (C=O) groups is 2. The van der Waals surface area contributed by atoms with E-state index in [1.807, 2.05) is 38.1 Å². The van der Waals surface area contributed by atoms with Crippen molar-refractivity contribution in [3.05, 3.63) is 63.9 Å². The van der Waals surface area contributed by atoms with E-state index in [1.54, 1.807) is 11.6 Å². The second kappa shape index (κ2) is 8.31. The maximum atomic E-state index is 12.4. The maximum absolute atomic E-state index is 12.4. The first-order valence-corrected chi connectivity index (χ1v) is 9.90. The molecule has 3 aromatic rings. The van der Waals surface area contributed by atoms with Crippen LogP contribution < -0.4 is 14.8 Å². The molecule has 0 aliphatic carbocycles. The number of anilines is 1. The zero-order valence-corrected chi connectivity index (χ0v) is 17.9. The lowest BCUT2D eigenvalue weighted by atomic mass is 10.2. The van der Waals surface area contributed by atoms with Crippen LogP contribution in [0.3, 0.4) is 0 Å². The molecule has 0 radical (unpaired) electrons. The topological polar surface area (TPSA) is 91.7 Å². The fourth-order valence-corrected chi connectivity index (χ4v) is 3.50. The van der Waals surface area contributed by atoms with Crippen molar-refractivity contribution in [1.82, 2.24) is 9.78 Å². The quantitative estimate of drug-likeness (QED) is 0.602. The number of nitrogens with zero attached hydrogens (tertiary/aromatic N) is 2. The Morgan fingerprint density at radius 3 is 2.65 bits per heavy atom. The lowest BCUT2D eigenvalue weighted by Gasteiger charge is -2.09. The van der Waals surface area contributed by atoms with Crippen molar-refractivity contribution in [1.29, 1.82) is 0 Å². The van der Waals surface area contributed by atoms with Crippen molar-refractivity contribution in [2.75, 3.05) is 18.7 Å². The Morgan fingerprint density at radius 2 is 1.90 bits per heavy atom. The first-order valence-electron chi connectivity index (χ1n) is 9.53. The summed E-state index contributed by atoms with van der Waals surface area (Å²) in [5, 5.41) is 7.51. The number of halogens is 1. The second-order valence-corrected chi connectivity index (χ2v) is 7.52. The van der Waals surface area contributed by atoms with E-state index in [0.717, 1.165) is 16.9 Å². The minimum Gasteiger partial charge on any atom is -0.454 e. The first kappa shape index (κ1) is 20.7. The van der Waals surface area contributed by atoms with Gasteiger partial charge in [0.2, 0.25) is 6.79 Å². The van der Waals surface area contributed by atoms with Crippen LogP contribution in [-0.4, -0.2) is 35.1 Å². The van der Waals surface area contributed by atoms with Crippen LogP contribution in [0.4, 0.5) is 5.69 Å². The molecule has 8 nitrogen and oxygen atoms in total. The molecule has 0 fully saturated rings. The second-order valence-electron chi connectivity index (χ2n) is 7.11. The Kier molecular flexibility index (Phi) is 5.56. The van der Waals surface area contributed by atoms with E-state index in [0.29, 0.717) is 22.9 Å². The van der Waals surface area contributed by atoms with Gasteiger partial charge >= 0.3 is 5.97 Å². The summed E-state index contributed by atoms with van der Waals surface area (Å²) in [5.74, 6) is -0.430. The minimum absolute atomic E-state index is 0.0327. The zero-order valence-electron chi connectivity index (χ0n) is 17.2. The molecule has 0 saturated carbocycles. The molecule has 0 saturated heterocycles. The number of rotatable bonds is 5. The lowest BCUT2D eigenvalue weighted by Crippen LogP contribution is -2.21. The molecule has 9 heteroatoms. The number of esters is 1. The third-order valence-corrected chi connectivity index (χ3v) is 5.11. The molecule has 0 atom stereocenters. The van der Waals surface area contributed by atoms with Gasteiger partial charge in [-0.1, -0.05) is 29.3 Å². The standard InChI is InChI=1S/C22H20ClN3O5/c1-12-4-6-16(7-5-12)26-14(3)20(13(2)25-26)24-19(27)10-29-22(28)15-8-17(23)21-18(9-15)30-11-31-21/h4-9H,10-11H2,1-3H3,(H,24,27). The molecule has 0 bridgehead atoms. The Labute approximate surface area is 183 Å². The maximum Gasteiger partial charge on any atom is 0.338 e. The molecule has 0 spiro atoms. The van der Waals surface area contributed by atoms with Gasteiger partial charge in [-0.3, -0.25) is 4.79 Å². The van der Waals surface area contributed by atoms with Gasteiger partial charge in [0.1, 0.15) is 0 Å². The van der Waals surface area contributed by atoms with Crippen molar-refractivity contribution in [2.45, 2.75) is 20.8 Å². The zero-order chi connectivity index (χ0) is 22.1. The molecule has 1 aliphatic heterocycles. The minimum atomic E-state index is -0.695. The molecule has 1 N–H and O–H groups in total. The molecule has 160 valence electrons. The summed E-state index contributed by atoms with van der Waals surface area (Å²) in [7, 11) is 0. The fraction of sp³-hybridized carbons (Fsp3) is 0.227. The molecule has 4 rings (SSSR count). The van der Waals surface area contributed by atoms with Crippen molar-refractivity contribution < 1.29 is 23.8 Å². The third kappa shape index (κ3) is 4.20. The monoisotopic (exact) mass is 441 g/mol. The first-order chi connectivity index (χ1) is 14.8. The summed E-state index contributed by atoms with van der Waals surface area (Å²) in [6.07, 6.45) is 0. The predicted octanol–water partition coefficient (Wildman–Crippen LogP) is 3.98. The number of amides is 1. The summed E-state index contributed by atoms with van der Waals surface area (Å²) >= 11 is 6.08. The number of aromatic nitrogens is 2. The van der Waals surface area contributed by atoms with Gasteiger partial charge in [0.05, 0.1) is 33.3 Å². The third-order valence-electron chi connectivity index (χ3n) is 4.83. The molecule has 2 aromatic carbocycles. The molecule has 31 heavy (non-hydrogen) atoms. The van der Waals surface area contributed by atoms with Gasteiger partial charge in [0.25, 0.3) is 5.91 Å². The average molecular weight is 442 g/mol. The van der Waals surface area contributed by atoms with Crippen molar-refractivity contribution in [2.24, 2.45) is 0 Å². The van der Waals surface area contributed by atoms with Crippen molar-refractivity contribution >= 4 is 29.2 Å². The van der Waals surface area contributed by atoms with Crippen LogP contribution in [0.1, 0.15) is 27.3 Å². The lowest BCUT2D eigenvalue weighted by molar-refractivity contribution is -0.119. The Hall–Kier alpha value is -3.52. The number of nitrogens with one attached hydrogen (secondary N) is 1. The molecular formula is C22H20ClN3O5. The molecule has 1 aromatic heterocycles. The van der Waals surface area contributed by atoms with Crippen LogP contribution in [0.15, 0.2) is 36.4 Å². The molecule has 0 unspecified atom stereocenters. The molecular weight excluding hydrogens is 422 g/mol. The van der Waals surface area contributed by atoms with E-state index >= 15 is 0 Å². The summed E-state index contributed by atoms with van der Waals surface area (Å²) < 4.78 is 17.3. The van der Waals surface area contributed by atoms with Gasteiger partial charge in [0, 0.05) is 0 Å². The van der Waals surface area contributed by atoms with Crippen LogP contribution >= 0.6 is 11.6 Å². The largest absolute Gasteiger partial charge is 0.454 e. The van der Waals surface area contributed by atoms with Crippen LogP contribution in [-0.2, 0) is 9.53 Å². The summed E-state index contributed by atoms with van der Waals surface area (Å²) in [5.41, 5.74) is 4.19. The van der Waals surface area contributed by atoms with Gasteiger partial charge in [-0.15, -0.1) is 0 Å². The number of ether oxygens (including phenoxy) is 3. The normalized spacial score (nSPS) is 12.0. The summed E-state index contributed by atoms with van der Waals surface area (Å²) in [6.45, 7) is 5.24. The highest BCUT2D eigenvalue weighted by molar-refractivity contribution is 6.32. The summed E-state index contributed by atoms with van der Waals surface area (Å²) in [4.78, 5) is 24.7. The Bertz CT molecular complexity index is 1170. The van der Waals surface area contributed by atoms with E-state index in [4.69, 9.17) is 25.8 Å². The van der Waals surface area contributed by atoms with E-state index in [1.165, 1.54) is 12.1 Å². The van der Waals surface area contributed by atoms with Crippen LogP contribution in [0.25, 0.3) is 5.69 Å². The van der Waals surface area contributed by atoms with Gasteiger partial charge in [-0.25, -0.2) is 9.48 Å². The van der Waals surface area contributed by atoms with E-state index in [-0.39, 0.29) is 17.4 Å². The highest BCUT2D eigenvalue weighted by Gasteiger charge is 2.22. The molecule has 1 amide bonds. The number of benzene rings is 2. The Balaban J connectivity index is 1.42. The highest BCUT2D eigenvalue weighted by Crippen LogP contribution is 2.39. The highest BCUT2D eigenvalue weighted by atomic mass is 35.5. The van der Waals surface area contributed by atoms with Gasteiger partial charge in [-0.05, 0) is 45.0 Å². The van der Waals surface area contributed by atoms with E-state index in [9.17, 15) is 9.59 Å².